The Kier molecular flexibility index (Phi) is 3.17. The van der Waals surface area contributed by atoms with Crippen molar-refractivity contribution in [2.45, 2.75) is 44.1 Å². The van der Waals surface area contributed by atoms with Crippen LogP contribution in [0, 0.1) is 0 Å². The quantitative estimate of drug-likeness (QED) is 0.775. The van der Waals surface area contributed by atoms with Crippen molar-refractivity contribution in [1.82, 2.24) is 0 Å². The molecule has 1 aliphatic carbocycles. The maximum atomic E-state index is 11.5. The molecule has 1 fully saturated rings. The highest BCUT2D eigenvalue weighted by Gasteiger charge is 2.43. The molecule has 0 radical (unpaired) electrons. The zero-order valence-corrected chi connectivity index (χ0v) is 11.8. The van der Waals surface area contributed by atoms with E-state index in [0.717, 1.165) is 30.6 Å². The summed E-state index contributed by atoms with van der Waals surface area (Å²) >= 11 is 5.65. The van der Waals surface area contributed by atoms with E-state index in [4.69, 9.17) is 21.1 Å². The number of hydrogen-bond acceptors (Lipinski definition) is 3. The average Bonchev–Trinajstić information content (AvgIpc) is 2.76. The highest BCUT2D eigenvalue weighted by atomic mass is 35.5. The predicted molar refractivity (Wildman–Crippen MR) is 73.3 cm³/mol. The third-order valence-electron chi connectivity index (χ3n) is 4.23. The van der Waals surface area contributed by atoms with Crippen molar-refractivity contribution >= 4 is 16.8 Å². The fourth-order valence-electron chi connectivity index (χ4n) is 3.29. The van der Waals surface area contributed by atoms with Crippen LogP contribution in [0.5, 0.6) is 11.5 Å². The summed E-state index contributed by atoms with van der Waals surface area (Å²) in [5.74, 6) is 1.43. The number of carbonyl (C=O) groups is 1. The maximum Gasteiger partial charge on any atom is 0.256 e. The Hall–Kier alpha value is -1.22. The third kappa shape index (κ3) is 2.10. The van der Waals surface area contributed by atoms with Gasteiger partial charge in [-0.3, -0.25) is 4.79 Å². The molecule has 1 spiro atoms. The summed E-state index contributed by atoms with van der Waals surface area (Å²) in [6.07, 6.45) is 6.53. The topological polar surface area (TPSA) is 35.5 Å². The van der Waals surface area contributed by atoms with Gasteiger partial charge in [-0.15, -0.1) is 0 Å². The number of fused-ring (bicyclic) bond motifs is 1. The van der Waals surface area contributed by atoms with Crippen molar-refractivity contribution in [3.05, 3.63) is 23.3 Å². The Morgan fingerprint density at radius 1 is 1.32 bits per heavy atom. The van der Waals surface area contributed by atoms with Gasteiger partial charge in [-0.25, -0.2) is 0 Å². The molecule has 0 unspecified atom stereocenters. The van der Waals surface area contributed by atoms with E-state index in [2.05, 4.69) is 0 Å². The summed E-state index contributed by atoms with van der Waals surface area (Å²) in [6.45, 7) is 0. The summed E-state index contributed by atoms with van der Waals surface area (Å²) < 4.78 is 11.6. The molecule has 4 heteroatoms. The van der Waals surface area contributed by atoms with Crippen LogP contribution in [0.25, 0.3) is 0 Å². The summed E-state index contributed by atoms with van der Waals surface area (Å²) in [4.78, 5) is 11.5. The molecule has 102 valence electrons. The molecule has 0 bridgehead atoms. The van der Waals surface area contributed by atoms with Gasteiger partial charge in [-0.1, -0.05) is 6.42 Å². The summed E-state index contributed by atoms with van der Waals surface area (Å²) in [6, 6.07) is 3.49. The van der Waals surface area contributed by atoms with Crippen LogP contribution >= 0.6 is 11.6 Å². The van der Waals surface area contributed by atoms with Crippen LogP contribution in [-0.4, -0.2) is 18.0 Å². The van der Waals surface area contributed by atoms with Crippen molar-refractivity contribution in [1.29, 1.82) is 0 Å². The Morgan fingerprint density at radius 2 is 2.05 bits per heavy atom. The first kappa shape index (κ1) is 12.8. The highest BCUT2D eigenvalue weighted by molar-refractivity contribution is 6.68. The molecular weight excluding hydrogens is 264 g/mol. The molecule has 0 amide bonds. The van der Waals surface area contributed by atoms with E-state index >= 15 is 0 Å². The SMILES string of the molecule is COc1ccc(C(=O)Cl)c2c1CC1(CCCCC1)O2. The lowest BCUT2D eigenvalue weighted by Crippen LogP contribution is -2.36. The Labute approximate surface area is 117 Å². The number of hydrogen-bond donors (Lipinski definition) is 0. The molecule has 1 heterocycles. The smallest absolute Gasteiger partial charge is 0.256 e. The molecule has 0 atom stereocenters. The van der Waals surface area contributed by atoms with Crippen LogP contribution < -0.4 is 9.47 Å². The van der Waals surface area contributed by atoms with Gasteiger partial charge < -0.3 is 9.47 Å². The number of methoxy groups -OCH3 is 1. The first-order valence-electron chi connectivity index (χ1n) is 6.74. The summed E-state index contributed by atoms with van der Waals surface area (Å²) in [5, 5.41) is -0.466. The fraction of sp³-hybridized carbons (Fsp3) is 0.533. The third-order valence-corrected chi connectivity index (χ3v) is 4.44. The van der Waals surface area contributed by atoms with Gasteiger partial charge in [0.05, 0.1) is 12.7 Å². The molecular formula is C15H17ClO3. The minimum atomic E-state index is -0.466. The average molecular weight is 281 g/mol. The van der Waals surface area contributed by atoms with E-state index in [9.17, 15) is 4.79 Å². The molecule has 2 aliphatic rings. The standard InChI is InChI=1S/C15H17ClO3/c1-18-12-6-5-10(14(16)17)13-11(12)9-15(19-13)7-3-2-4-8-15/h5-6H,2-4,7-9H2,1H3. The molecule has 0 saturated heterocycles. The number of ether oxygens (including phenoxy) is 2. The molecule has 1 saturated carbocycles. The molecule has 3 nitrogen and oxygen atoms in total. The summed E-state index contributed by atoms with van der Waals surface area (Å²) in [7, 11) is 1.64. The molecule has 19 heavy (non-hydrogen) atoms. The molecule has 0 N–H and O–H groups in total. The lowest BCUT2D eigenvalue weighted by Gasteiger charge is -2.32. The van der Waals surface area contributed by atoms with E-state index in [1.54, 1.807) is 19.2 Å². The minimum absolute atomic E-state index is 0.143. The van der Waals surface area contributed by atoms with E-state index in [1.807, 2.05) is 0 Å². The number of carbonyl (C=O) groups excluding carboxylic acids is 1. The van der Waals surface area contributed by atoms with Gasteiger partial charge >= 0.3 is 0 Å². The van der Waals surface area contributed by atoms with E-state index < -0.39 is 5.24 Å². The van der Waals surface area contributed by atoms with Crippen LogP contribution in [0.3, 0.4) is 0 Å². The van der Waals surface area contributed by atoms with Gasteiger partial charge in [-0.05, 0) is 49.4 Å². The van der Waals surface area contributed by atoms with Gasteiger partial charge in [-0.2, -0.15) is 0 Å². The number of benzene rings is 1. The Morgan fingerprint density at radius 3 is 2.68 bits per heavy atom. The summed E-state index contributed by atoms with van der Waals surface area (Å²) in [5.41, 5.74) is 1.31. The first-order chi connectivity index (χ1) is 9.15. The van der Waals surface area contributed by atoms with Crippen LogP contribution in [-0.2, 0) is 6.42 Å². The van der Waals surface area contributed by atoms with Crippen molar-refractivity contribution in [2.75, 3.05) is 7.11 Å². The van der Waals surface area contributed by atoms with E-state index in [0.29, 0.717) is 11.3 Å². The van der Waals surface area contributed by atoms with Crippen LogP contribution in [0.1, 0.15) is 48.0 Å². The van der Waals surface area contributed by atoms with Crippen LogP contribution in [0.2, 0.25) is 0 Å². The second-order valence-electron chi connectivity index (χ2n) is 5.42. The molecule has 1 aromatic carbocycles. The second kappa shape index (κ2) is 4.71. The fourth-order valence-corrected chi connectivity index (χ4v) is 3.44. The van der Waals surface area contributed by atoms with Gasteiger partial charge in [0, 0.05) is 12.0 Å². The predicted octanol–water partition coefficient (Wildman–Crippen LogP) is 3.71. The van der Waals surface area contributed by atoms with Gasteiger partial charge in [0.2, 0.25) is 0 Å². The molecule has 3 rings (SSSR count). The number of rotatable bonds is 2. The normalized spacial score (nSPS) is 19.9. The van der Waals surface area contributed by atoms with Crippen molar-refractivity contribution < 1.29 is 14.3 Å². The van der Waals surface area contributed by atoms with Crippen molar-refractivity contribution in [3.63, 3.8) is 0 Å². The van der Waals surface area contributed by atoms with E-state index in [-0.39, 0.29) is 5.60 Å². The van der Waals surface area contributed by atoms with Gasteiger partial charge in [0.25, 0.3) is 5.24 Å². The molecule has 1 aromatic rings. The maximum absolute atomic E-state index is 11.5. The molecule has 0 aromatic heterocycles. The number of halogens is 1. The van der Waals surface area contributed by atoms with E-state index in [1.165, 1.54) is 19.3 Å². The van der Waals surface area contributed by atoms with Crippen LogP contribution in [0.15, 0.2) is 12.1 Å². The first-order valence-corrected chi connectivity index (χ1v) is 7.12. The van der Waals surface area contributed by atoms with Crippen molar-refractivity contribution in [3.8, 4) is 11.5 Å². The Balaban J connectivity index is 2.04. The lowest BCUT2D eigenvalue weighted by atomic mass is 9.82. The van der Waals surface area contributed by atoms with Crippen LogP contribution in [0.4, 0.5) is 0 Å². The zero-order valence-electron chi connectivity index (χ0n) is 11.0. The second-order valence-corrected chi connectivity index (χ2v) is 5.76. The Bertz CT molecular complexity index is 518. The zero-order chi connectivity index (χ0) is 13.5. The largest absolute Gasteiger partial charge is 0.496 e. The van der Waals surface area contributed by atoms with Gasteiger partial charge in [0.1, 0.15) is 17.1 Å². The monoisotopic (exact) mass is 280 g/mol. The lowest BCUT2D eigenvalue weighted by molar-refractivity contribution is 0.0521. The minimum Gasteiger partial charge on any atom is -0.496 e. The van der Waals surface area contributed by atoms with Gasteiger partial charge in [0.15, 0.2) is 0 Å². The van der Waals surface area contributed by atoms with Crippen molar-refractivity contribution in [2.24, 2.45) is 0 Å². The highest BCUT2D eigenvalue weighted by Crippen LogP contribution is 2.48. The molecule has 1 aliphatic heterocycles.